The minimum atomic E-state index is -3.09. The fourth-order valence-electron chi connectivity index (χ4n) is 1.24. The second-order valence-corrected chi connectivity index (χ2v) is 7.50. The number of hydrogen-bond donors (Lipinski definition) is 0. The van der Waals surface area contributed by atoms with E-state index in [1.165, 1.54) is 0 Å². The normalized spacial score (nSPS) is 16.4. The van der Waals surface area contributed by atoms with Crippen LogP contribution in [0.2, 0.25) is 0 Å². The SMILES string of the molecule is CC/C=C(\C)C(Cl)(Cl)O[PH](=O)OC(Cl)(Cl)/C(C)=C/CC. The van der Waals surface area contributed by atoms with E-state index in [0.717, 1.165) is 0 Å². The number of hydrogen-bond acceptors (Lipinski definition) is 3. The zero-order valence-corrected chi connectivity index (χ0v) is 15.8. The molecular formula is C12H19Cl4O3P. The van der Waals surface area contributed by atoms with Gasteiger partial charge in [0.05, 0.1) is 0 Å². The molecule has 0 fully saturated rings. The van der Waals surface area contributed by atoms with E-state index in [2.05, 4.69) is 0 Å². The molecule has 0 heterocycles. The van der Waals surface area contributed by atoms with E-state index in [-0.39, 0.29) is 0 Å². The highest BCUT2D eigenvalue weighted by atomic mass is 35.5. The summed E-state index contributed by atoms with van der Waals surface area (Å²) in [4.78, 5) is 0. The quantitative estimate of drug-likeness (QED) is 0.277. The van der Waals surface area contributed by atoms with E-state index in [4.69, 9.17) is 55.5 Å². The lowest BCUT2D eigenvalue weighted by atomic mass is 10.2. The highest BCUT2D eigenvalue weighted by Gasteiger charge is 2.35. The largest absolute Gasteiger partial charge is 0.324 e. The molecule has 0 aliphatic heterocycles. The zero-order valence-electron chi connectivity index (χ0n) is 11.8. The van der Waals surface area contributed by atoms with Crippen LogP contribution in [0.3, 0.4) is 0 Å². The van der Waals surface area contributed by atoms with Gasteiger partial charge in [0.15, 0.2) is 0 Å². The van der Waals surface area contributed by atoms with Crippen LogP contribution in [0.25, 0.3) is 0 Å². The van der Waals surface area contributed by atoms with Crippen LogP contribution in [0, 0.1) is 0 Å². The zero-order chi connectivity index (χ0) is 16.0. The summed E-state index contributed by atoms with van der Waals surface area (Å²) in [6.07, 6.45) is 4.94. The van der Waals surface area contributed by atoms with Crippen molar-refractivity contribution in [3.05, 3.63) is 23.3 Å². The first-order valence-electron chi connectivity index (χ1n) is 6.08. The van der Waals surface area contributed by atoms with Gasteiger partial charge in [0.1, 0.15) is 0 Å². The maximum absolute atomic E-state index is 11.8. The Labute approximate surface area is 141 Å². The Morgan fingerprint density at radius 3 is 1.50 bits per heavy atom. The highest BCUT2D eigenvalue weighted by Crippen LogP contribution is 2.47. The summed E-state index contributed by atoms with van der Waals surface area (Å²) in [5, 5.41) is 0. The van der Waals surface area contributed by atoms with E-state index in [9.17, 15) is 4.57 Å². The summed E-state index contributed by atoms with van der Waals surface area (Å²) in [5.74, 6) is 0. The predicted molar refractivity (Wildman–Crippen MR) is 88.1 cm³/mol. The molecule has 0 saturated heterocycles. The molecule has 8 heteroatoms. The summed E-state index contributed by atoms with van der Waals surface area (Å²) in [6, 6.07) is 0. The average Bonchev–Trinajstić information content (AvgIpc) is 2.27. The molecular weight excluding hydrogens is 365 g/mol. The third-order valence-corrected chi connectivity index (χ3v) is 5.33. The molecule has 0 aliphatic carbocycles. The molecule has 0 aromatic carbocycles. The number of rotatable bonds is 8. The Bertz CT molecular complexity index is 370. The standard InChI is InChI=1S/C12H19Cl4O3P/c1-5-7-9(3)11(13,14)18-20(17)19-12(15,16)10(4)8-6-2/h7-8,20H,5-6H2,1-4H3/b9-7+,10-8+. The Morgan fingerprint density at radius 1 is 0.950 bits per heavy atom. The molecule has 0 bridgehead atoms. The lowest BCUT2D eigenvalue weighted by Gasteiger charge is -2.25. The topological polar surface area (TPSA) is 35.5 Å². The van der Waals surface area contributed by atoms with Crippen molar-refractivity contribution in [1.82, 2.24) is 0 Å². The van der Waals surface area contributed by atoms with Crippen molar-refractivity contribution in [2.24, 2.45) is 0 Å². The molecule has 20 heavy (non-hydrogen) atoms. The van der Waals surface area contributed by atoms with Gasteiger partial charge >= 0.3 is 8.25 Å². The van der Waals surface area contributed by atoms with Gasteiger partial charge in [0, 0.05) is 0 Å². The third kappa shape index (κ3) is 7.17. The van der Waals surface area contributed by atoms with Crippen LogP contribution in [-0.4, -0.2) is 9.04 Å². The molecule has 0 unspecified atom stereocenters. The lowest BCUT2D eigenvalue weighted by molar-refractivity contribution is 0.189. The van der Waals surface area contributed by atoms with Crippen LogP contribution in [0.5, 0.6) is 0 Å². The summed E-state index contributed by atoms with van der Waals surface area (Å²) in [5.41, 5.74) is 1.03. The summed E-state index contributed by atoms with van der Waals surface area (Å²) >= 11 is 23.8. The van der Waals surface area contributed by atoms with Gasteiger partial charge in [-0.25, -0.2) is 0 Å². The molecule has 0 atom stereocenters. The number of alkyl halides is 4. The van der Waals surface area contributed by atoms with E-state index in [0.29, 0.717) is 24.0 Å². The van der Waals surface area contributed by atoms with Crippen LogP contribution >= 0.6 is 54.7 Å². The van der Waals surface area contributed by atoms with Crippen LogP contribution in [0.4, 0.5) is 0 Å². The van der Waals surface area contributed by atoms with Crippen molar-refractivity contribution < 1.29 is 13.6 Å². The van der Waals surface area contributed by atoms with Crippen LogP contribution in [0.1, 0.15) is 40.5 Å². The first-order valence-corrected chi connectivity index (χ1v) is 8.82. The van der Waals surface area contributed by atoms with E-state index in [1.54, 1.807) is 26.0 Å². The Kier molecular flexibility index (Phi) is 9.40. The van der Waals surface area contributed by atoms with E-state index < -0.39 is 17.3 Å². The fraction of sp³-hybridized carbons (Fsp3) is 0.667. The van der Waals surface area contributed by atoms with Gasteiger partial charge in [-0.1, -0.05) is 72.4 Å². The van der Waals surface area contributed by atoms with E-state index in [1.807, 2.05) is 13.8 Å². The molecule has 0 aromatic rings. The molecule has 0 saturated carbocycles. The van der Waals surface area contributed by atoms with Crippen molar-refractivity contribution in [3.63, 3.8) is 0 Å². The van der Waals surface area contributed by atoms with Gasteiger partial charge in [0.2, 0.25) is 9.04 Å². The fourth-order valence-corrected chi connectivity index (χ4v) is 3.09. The summed E-state index contributed by atoms with van der Waals surface area (Å²) in [7, 11) is -3.09. The maximum atomic E-state index is 11.8. The summed E-state index contributed by atoms with van der Waals surface area (Å²) < 4.78 is 18.4. The monoisotopic (exact) mass is 382 g/mol. The van der Waals surface area contributed by atoms with Crippen molar-refractivity contribution in [3.8, 4) is 0 Å². The molecule has 0 radical (unpaired) electrons. The van der Waals surface area contributed by atoms with Gasteiger partial charge in [-0.2, -0.15) is 0 Å². The molecule has 118 valence electrons. The molecule has 0 aliphatic rings. The number of allylic oxidation sites excluding steroid dienone is 2. The van der Waals surface area contributed by atoms with Gasteiger partial charge < -0.3 is 0 Å². The van der Waals surface area contributed by atoms with Crippen LogP contribution < -0.4 is 0 Å². The van der Waals surface area contributed by atoms with Crippen molar-refractivity contribution >= 4 is 54.7 Å². The highest BCUT2D eigenvalue weighted by molar-refractivity contribution is 7.33. The second-order valence-electron chi connectivity index (χ2n) is 4.08. The van der Waals surface area contributed by atoms with Crippen molar-refractivity contribution in [2.45, 2.75) is 49.6 Å². The maximum Gasteiger partial charge on any atom is 0.324 e. The van der Waals surface area contributed by atoms with Gasteiger partial charge in [0.25, 0.3) is 0 Å². The average molecular weight is 384 g/mol. The second kappa shape index (κ2) is 9.05. The molecule has 0 amide bonds. The van der Waals surface area contributed by atoms with Crippen molar-refractivity contribution in [2.75, 3.05) is 0 Å². The molecule has 0 N–H and O–H groups in total. The first kappa shape index (κ1) is 20.8. The minimum Gasteiger partial charge on any atom is -0.269 e. The lowest BCUT2D eigenvalue weighted by Crippen LogP contribution is -2.20. The smallest absolute Gasteiger partial charge is 0.269 e. The molecule has 0 rings (SSSR count). The van der Waals surface area contributed by atoms with E-state index >= 15 is 0 Å². The predicted octanol–water partition coefficient (Wildman–Crippen LogP) is 6.38. The van der Waals surface area contributed by atoms with Gasteiger partial charge in [-0.05, 0) is 37.8 Å². The third-order valence-electron chi connectivity index (χ3n) is 2.36. The van der Waals surface area contributed by atoms with Crippen molar-refractivity contribution in [1.29, 1.82) is 0 Å². The van der Waals surface area contributed by atoms with Gasteiger partial charge in [-0.15, -0.1) is 0 Å². The summed E-state index contributed by atoms with van der Waals surface area (Å²) in [6.45, 7) is 7.15. The Balaban J connectivity index is 4.80. The molecule has 3 nitrogen and oxygen atoms in total. The molecule has 0 spiro atoms. The van der Waals surface area contributed by atoms with Gasteiger partial charge in [-0.3, -0.25) is 13.6 Å². The minimum absolute atomic E-state index is 0.515. The Hall–Kier alpha value is 0.790. The molecule has 0 aromatic heterocycles. The number of halogens is 4. The Morgan fingerprint density at radius 2 is 1.25 bits per heavy atom. The first-order chi connectivity index (χ1) is 9.06. The van der Waals surface area contributed by atoms with Crippen LogP contribution in [0.15, 0.2) is 23.3 Å². The van der Waals surface area contributed by atoms with Crippen LogP contribution in [-0.2, 0) is 13.6 Å².